The molecule has 0 unspecified atom stereocenters. The van der Waals surface area contributed by atoms with E-state index in [0.29, 0.717) is 59.0 Å². The van der Waals surface area contributed by atoms with Gasteiger partial charge in [0.1, 0.15) is 23.0 Å². The van der Waals surface area contributed by atoms with Crippen molar-refractivity contribution in [1.82, 2.24) is 9.55 Å². The van der Waals surface area contributed by atoms with Gasteiger partial charge in [-0.25, -0.2) is 4.98 Å². The zero-order valence-corrected chi connectivity index (χ0v) is 18.5. The topological polar surface area (TPSA) is 76.7 Å². The summed E-state index contributed by atoms with van der Waals surface area (Å²) >= 11 is 0. The predicted octanol–water partition coefficient (Wildman–Crippen LogP) is 4.80. The van der Waals surface area contributed by atoms with Crippen molar-refractivity contribution in [1.29, 1.82) is 0 Å². The minimum Gasteiger partial charge on any atom is -0.507 e. The number of phenols is 2. The first kappa shape index (κ1) is 21.6. The van der Waals surface area contributed by atoms with Gasteiger partial charge < -0.3 is 24.3 Å². The van der Waals surface area contributed by atoms with Gasteiger partial charge in [-0.15, -0.1) is 0 Å². The maximum Gasteiger partial charge on any atom is 0.208 e. The Morgan fingerprint density at radius 1 is 1.10 bits per heavy atom. The van der Waals surface area contributed by atoms with Crippen LogP contribution in [0.15, 0.2) is 41.5 Å². The van der Waals surface area contributed by atoms with Crippen LogP contribution in [0.4, 0.5) is 0 Å². The maximum absolute atomic E-state index is 11.1. The van der Waals surface area contributed by atoms with E-state index >= 15 is 0 Å². The molecule has 0 aliphatic carbocycles. The minimum atomic E-state index is 0.0504. The summed E-state index contributed by atoms with van der Waals surface area (Å²) in [5, 5.41) is 22.1. The van der Waals surface area contributed by atoms with E-state index in [-0.39, 0.29) is 11.5 Å². The fourth-order valence-electron chi connectivity index (χ4n) is 3.48. The lowest BCUT2D eigenvalue weighted by molar-refractivity contribution is 0.262. The van der Waals surface area contributed by atoms with Crippen LogP contribution in [-0.4, -0.2) is 26.9 Å². The van der Waals surface area contributed by atoms with Crippen molar-refractivity contribution in [3.8, 4) is 17.2 Å². The van der Waals surface area contributed by atoms with Gasteiger partial charge in [0, 0.05) is 42.6 Å². The second kappa shape index (κ2) is 8.69. The predicted molar refractivity (Wildman–Crippen MR) is 118 cm³/mol. The first-order chi connectivity index (χ1) is 14.2. The fourth-order valence-corrected chi connectivity index (χ4v) is 3.48. The number of aryl methyl sites for hydroxylation is 1. The van der Waals surface area contributed by atoms with Crippen molar-refractivity contribution in [2.75, 3.05) is 7.11 Å². The van der Waals surface area contributed by atoms with Crippen LogP contribution in [0.2, 0.25) is 0 Å². The molecule has 0 fully saturated rings. The molecule has 0 atom stereocenters. The van der Waals surface area contributed by atoms with Gasteiger partial charge in [-0.3, -0.25) is 0 Å². The number of nitrogens with zero attached hydrogens (tertiary/aromatic N) is 2. The molecule has 6 nitrogen and oxygen atoms in total. The molecule has 2 N–H and O–H groups in total. The van der Waals surface area contributed by atoms with E-state index in [1.165, 1.54) is 0 Å². The van der Waals surface area contributed by atoms with Crippen LogP contribution >= 0.6 is 0 Å². The summed E-state index contributed by atoms with van der Waals surface area (Å²) in [5.41, 5.74) is 4.03. The number of ether oxygens (including phenoxy) is 2. The molecule has 1 aliphatic heterocycles. The Hall–Kier alpha value is -3.15. The van der Waals surface area contributed by atoms with Gasteiger partial charge in [0.15, 0.2) is 5.82 Å². The van der Waals surface area contributed by atoms with Gasteiger partial charge in [-0.1, -0.05) is 23.3 Å². The minimum absolute atomic E-state index is 0.0504. The fraction of sp³-hybridized carbons (Fsp3) is 0.375. The van der Waals surface area contributed by atoms with Crippen LogP contribution in [0.3, 0.4) is 0 Å². The molecule has 0 saturated carbocycles. The number of benzene rings is 1. The van der Waals surface area contributed by atoms with Gasteiger partial charge in [0.25, 0.3) is 0 Å². The third-order valence-corrected chi connectivity index (χ3v) is 5.19. The Bertz CT molecular complexity index is 1050. The summed E-state index contributed by atoms with van der Waals surface area (Å²) in [6.45, 7) is 8.00. The van der Waals surface area contributed by atoms with Crippen LogP contribution in [0.1, 0.15) is 50.2 Å². The zero-order valence-electron chi connectivity index (χ0n) is 18.5. The number of rotatable bonds is 6. The van der Waals surface area contributed by atoms with Crippen LogP contribution in [0.25, 0.3) is 5.76 Å². The Balaban J connectivity index is 2.21. The summed E-state index contributed by atoms with van der Waals surface area (Å²) in [6, 6.07) is 0. The number of fused-ring (bicyclic) bond motifs is 1. The van der Waals surface area contributed by atoms with Crippen LogP contribution in [0.5, 0.6) is 17.2 Å². The second-order valence-corrected chi connectivity index (χ2v) is 8.03. The molecule has 6 heteroatoms. The highest BCUT2D eigenvalue weighted by Gasteiger charge is 2.32. The van der Waals surface area contributed by atoms with Crippen LogP contribution in [0, 0.1) is 0 Å². The van der Waals surface area contributed by atoms with Crippen molar-refractivity contribution in [3.05, 3.63) is 64.0 Å². The van der Waals surface area contributed by atoms with E-state index in [4.69, 9.17) is 9.47 Å². The number of hydrogen-bond donors (Lipinski definition) is 2. The molecular formula is C24H30N2O4. The number of allylic oxidation sites excluding steroid dienone is 5. The molecule has 0 spiro atoms. The van der Waals surface area contributed by atoms with Gasteiger partial charge in [-0.05, 0) is 40.5 Å². The number of imidazole rings is 1. The smallest absolute Gasteiger partial charge is 0.208 e. The Labute approximate surface area is 177 Å². The van der Waals surface area contributed by atoms with E-state index in [2.05, 4.69) is 4.98 Å². The second-order valence-electron chi connectivity index (χ2n) is 8.03. The van der Waals surface area contributed by atoms with Crippen molar-refractivity contribution < 1.29 is 19.7 Å². The number of aromatic hydroxyl groups is 2. The lowest BCUT2D eigenvalue weighted by atomic mass is 9.92. The molecule has 0 bridgehead atoms. The summed E-state index contributed by atoms with van der Waals surface area (Å²) < 4.78 is 13.7. The lowest BCUT2D eigenvalue weighted by Crippen LogP contribution is -2.16. The highest BCUT2D eigenvalue weighted by atomic mass is 16.5. The van der Waals surface area contributed by atoms with E-state index in [9.17, 15) is 10.2 Å². The maximum atomic E-state index is 11.1. The molecule has 0 amide bonds. The Morgan fingerprint density at radius 2 is 1.73 bits per heavy atom. The van der Waals surface area contributed by atoms with Crippen LogP contribution < -0.4 is 4.74 Å². The monoisotopic (exact) mass is 410 g/mol. The third kappa shape index (κ3) is 4.08. The number of methoxy groups -OCH3 is 1. The average molecular weight is 411 g/mol. The number of hydrogen-bond acceptors (Lipinski definition) is 5. The first-order valence-electron chi connectivity index (χ1n) is 10.0. The normalized spacial score (nSPS) is 12.9. The largest absolute Gasteiger partial charge is 0.507 e. The molecule has 2 heterocycles. The molecular weight excluding hydrogens is 380 g/mol. The van der Waals surface area contributed by atoms with Crippen molar-refractivity contribution >= 4 is 5.76 Å². The quantitative estimate of drug-likeness (QED) is 0.669. The van der Waals surface area contributed by atoms with E-state index in [0.717, 1.165) is 11.1 Å². The molecule has 2 aromatic rings. The van der Waals surface area contributed by atoms with E-state index < -0.39 is 0 Å². The van der Waals surface area contributed by atoms with Gasteiger partial charge in [0.05, 0.1) is 7.11 Å². The standard InChI is InChI=1S/C24H30N2O4/c1-14(2)7-9-16-20(27)17(10-8-15(3)4)22-18(21(16)28)13-19(29-6)23(30-22)24-25-11-12-26(24)5/h7-8,11-12,27-28H,9-10,13H2,1-6H3. The summed E-state index contributed by atoms with van der Waals surface area (Å²) in [4.78, 5) is 4.38. The van der Waals surface area contributed by atoms with E-state index in [1.807, 2.05) is 57.7 Å². The molecule has 160 valence electrons. The van der Waals surface area contributed by atoms with Crippen LogP contribution in [-0.2, 0) is 31.0 Å². The summed E-state index contributed by atoms with van der Waals surface area (Å²) in [6.07, 6.45) is 8.83. The molecule has 3 rings (SSSR count). The van der Waals surface area contributed by atoms with Gasteiger partial charge in [0.2, 0.25) is 5.76 Å². The summed E-state index contributed by atoms with van der Waals surface area (Å²) in [7, 11) is 3.46. The molecule has 1 aromatic heterocycles. The molecule has 30 heavy (non-hydrogen) atoms. The molecule has 0 saturated heterocycles. The molecule has 1 aliphatic rings. The highest BCUT2D eigenvalue weighted by molar-refractivity contribution is 5.71. The Morgan fingerprint density at radius 3 is 2.27 bits per heavy atom. The molecule has 1 aromatic carbocycles. The Kier molecular flexibility index (Phi) is 6.25. The van der Waals surface area contributed by atoms with Crippen molar-refractivity contribution in [2.45, 2.75) is 47.0 Å². The number of phenolic OH excluding ortho intramolecular Hbond substituents is 2. The SMILES string of the molecule is COC1=C(c2nccn2C)Oc2c(CC=C(C)C)c(O)c(CC=C(C)C)c(O)c2C1. The highest BCUT2D eigenvalue weighted by Crippen LogP contribution is 2.48. The molecule has 0 radical (unpaired) electrons. The third-order valence-electron chi connectivity index (χ3n) is 5.19. The van der Waals surface area contributed by atoms with Crippen molar-refractivity contribution in [3.63, 3.8) is 0 Å². The van der Waals surface area contributed by atoms with Gasteiger partial charge >= 0.3 is 0 Å². The lowest BCUT2D eigenvalue weighted by Gasteiger charge is -2.27. The number of aromatic nitrogens is 2. The van der Waals surface area contributed by atoms with E-state index in [1.54, 1.807) is 13.3 Å². The van der Waals surface area contributed by atoms with Gasteiger partial charge in [-0.2, -0.15) is 0 Å². The summed E-state index contributed by atoms with van der Waals surface area (Å²) in [5.74, 6) is 2.29. The average Bonchev–Trinajstić information content (AvgIpc) is 3.12. The first-order valence-corrected chi connectivity index (χ1v) is 10.0. The zero-order chi connectivity index (χ0) is 22.0. The van der Waals surface area contributed by atoms with Crippen molar-refractivity contribution in [2.24, 2.45) is 7.05 Å².